The Kier molecular flexibility index (Phi) is 5.17. The van der Waals surface area contributed by atoms with Crippen LogP contribution in [0, 0.1) is 0 Å². The van der Waals surface area contributed by atoms with Crippen LogP contribution in [0.5, 0.6) is 0 Å². The third kappa shape index (κ3) is 3.76. The summed E-state index contributed by atoms with van der Waals surface area (Å²) in [7, 11) is 1.69. The first-order valence-electron chi connectivity index (χ1n) is 5.86. The van der Waals surface area contributed by atoms with Gasteiger partial charge in [-0.05, 0) is 25.0 Å². The molecule has 18 heavy (non-hydrogen) atoms. The average molecular weight is 250 g/mol. The number of rotatable bonds is 5. The van der Waals surface area contributed by atoms with Crippen molar-refractivity contribution in [1.29, 1.82) is 0 Å². The molecule has 0 aromatic heterocycles. The van der Waals surface area contributed by atoms with Crippen molar-refractivity contribution in [3.63, 3.8) is 0 Å². The Morgan fingerprint density at radius 3 is 2.61 bits per heavy atom. The van der Waals surface area contributed by atoms with Gasteiger partial charge in [0.2, 0.25) is 0 Å². The van der Waals surface area contributed by atoms with Gasteiger partial charge in [0.25, 0.3) is 0 Å². The quantitative estimate of drug-likeness (QED) is 0.833. The molecule has 5 nitrogen and oxygen atoms in total. The van der Waals surface area contributed by atoms with Crippen molar-refractivity contribution in [3.8, 4) is 0 Å². The van der Waals surface area contributed by atoms with E-state index in [1.54, 1.807) is 36.2 Å². The normalized spacial score (nSPS) is 9.89. The van der Waals surface area contributed by atoms with E-state index in [4.69, 9.17) is 5.11 Å². The maximum Gasteiger partial charge on any atom is 0.335 e. The fourth-order valence-electron chi connectivity index (χ4n) is 1.62. The van der Waals surface area contributed by atoms with Gasteiger partial charge in [-0.3, -0.25) is 0 Å². The molecule has 0 bridgehead atoms. The van der Waals surface area contributed by atoms with Gasteiger partial charge in [-0.25, -0.2) is 9.59 Å². The SMILES string of the molecule is CCNC(=O)N(C)CCc1ccccc1C(=O)O. The lowest BCUT2D eigenvalue weighted by Gasteiger charge is -2.17. The number of carboxylic acids is 1. The molecule has 1 rings (SSSR count). The summed E-state index contributed by atoms with van der Waals surface area (Å²) in [4.78, 5) is 24.0. The number of carbonyl (C=O) groups is 2. The van der Waals surface area contributed by atoms with Crippen LogP contribution in [0.2, 0.25) is 0 Å². The van der Waals surface area contributed by atoms with Gasteiger partial charge in [0.15, 0.2) is 0 Å². The molecule has 1 aromatic rings. The second kappa shape index (κ2) is 6.64. The summed E-state index contributed by atoms with van der Waals surface area (Å²) in [6, 6.07) is 6.69. The van der Waals surface area contributed by atoms with Crippen LogP contribution in [0.4, 0.5) is 4.79 Å². The highest BCUT2D eigenvalue weighted by Gasteiger charge is 2.11. The molecular formula is C13H18N2O3. The Bertz CT molecular complexity index is 432. The molecule has 0 aliphatic heterocycles. The largest absolute Gasteiger partial charge is 0.478 e. The summed E-state index contributed by atoms with van der Waals surface area (Å²) in [5.41, 5.74) is 1.03. The zero-order chi connectivity index (χ0) is 13.5. The molecule has 5 heteroatoms. The topological polar surface area (TPSA) is 69.6 Å². The number of urea groups is 1. The lowest BCUT2D eigenvalue weighted by atomic mass is 10.0. The van der Waals surface area contributed by atoms with Crippen molar-refractivity contribution >= 4 is 12.0 Å². The highest BCUT2D eigenvalue weighted by molar-refractivity contribution is 5.89. The second-order valence-corrected chi connectivity index (χ2v) is 3.97. The number of carboxylic acid groups (broad SMARTS) is 1. The molecule has 0 saturated carbocycles. The predicted octanol–water partition coefficient (Wildman–Crippen LogP) is 1.59. The molecule has 0 fully saturated rings. The van der Waals surface area contributed by atoms with Crippen LogP contribution in [0.25, 0.3) is 0 Å². The molecule has 98 valence electrons. The van der Waals surface area contributed by atoms with Crippen molar-refractivity contribution in [2.24, 2.45) is 0 Å². The first-order valence-corrected chi connectivity index (χ1v) is 5.86. The lowest BCUT2D eigenvalue weighted by molar-refractivity contribution is 0.0695. The molecule has 0 spiro atoms. The van der Waals surface area contributed by atoms with Gasteiger partial charge in [-0.2, -0.15) is 0 Å². The maximum absolute atomic E-state index is 11.5. The minimum atomic E-state index is -0.939. The Morgan fingerprint density at radius 2 is 2.00 bits per heavy atom. The summed E-state index contributed by atoms with van der Waals surface area (Å²) >= 11 is 0. The van der Waals surface area contributed by atoms with Gasteiger partial charge >= 0.3 is 12.0 Å². The number of amides is 2. The fraction of sp³-hybridized carbons (Fsp3) is 0.385. The summed E-state index contributed by atoms with van der Waals surface area (Å²) in [6.45, 7) is 2.91. The molecule has 2 N–H and O–H groups in total. The van der Waals surface area contributed by atoms with E-state index in [1.165, 1.54) is 0 Å². The Balaban J connectivity index is 2.63. The van der Waals surface area contributed by atoms with E-state index >= 15 is 0 Å². The van der Waals surface area contributed by atoms with Crippen LogP contribution in [0.1, 0.15) is 22.8 Å². The van der Waals surface area contributed by atoms with Gasteiger partial charge in [-0.1, -0.05) is 18.2 Å². The highest BCUT2D eigenvalue weighted by Crippen LogP contribution is 2.09. The number of benzene rings is 1. The Hall–Kier alpha value is -2.04. The van der Waals surface area contributed by atoms with Crippen LogP contribution in [-0.4, -0.2) is 42.1 Å². The zero-order valence-corrected chi connectivity index (χ0v) is 10.6. The van der Waals surface area contributed by atoms with Crippen molar-refractivity contribution < 1.29 is 14.7 Å². The number of aromatic carboxylic acids is 1. The Morgan fingerprint density at radius 1 is 1.33 bits per heavy atom. The molecule has 0 saturated heterocycles. The lowest BCUT2D eigenvalue weighted by Crippen LogP contribution is -2.38. The first-order chi connectivity index (χ1) is 8.56. The van der Waals surface area contributed by atoms with Gasteiger partial charge in [-0.15, -0.1) is 0 Å². The third-order valence-electron chi connectivity index (χ3n) is 2.64. The van der Waals surface area contributed by atoms with Crippen LogP contribution in [0.15, 0.2) is 24.3 Å². The van der Waals surface area contributed by atoms with Crippen molar-refractivity contribution in [3.05, 3.63) is 35.4 Å². The molecular weight excluding hydrogens is 232 g/mol. The van der Waals surface area contributed by atoms with Crippen molar-refractivity contribution in [1.82, 2.24) is 10.2 Å². The minimum absolute atomic E-state index is 0.148. The number of nitrogens with zero attached hydrogens (tertiary/aromatic N) is 1. The summed E-state index contributed by atoms with van der Waals surface area (Å²) in [6.07, 6.45) is 0.524. The van der Waals surface area contributed by atoms with Crippen LogP contribution in [-0.2, 0) is 6.42 Å². The standard InChI is InChI=1S/C13H18N2O3/c1-3-14-13(18)15(2)9-8-10-6-4-5-7-11(10)12(16)17/h4-7H,3,8-9H2,1-2H3,(H,14,18)(H,16,17). The fourth-order valence-corrected chi connectivity index (χ4v) is 1.62. The predicted molar refractivity (Wildman–Crippen MR) is 68.8 cm³/mol. The molecule has 2 amide bonds. The van der Waals surface area contributed by atoms with Gasteiger partial charge in [0.05, 0.1) is 5.56 Å². The van der Waals surface area contributed by atoms with Crippen molar-refractivity contribution in [2.45, 2.75) is 13.3 Å². The molecule has 0 unspecified atom stereocenters. The maximum atomic E-state index is 11.5. The molecule has 1 aromatic carbocycles. The van der Waals surface area contributed by atoms with E-state index in [0.717, 1.165) is 5.56 Å². The number of carbonyl (C=O) groups excluding carboxylic acids is 1. The summed E-state index contributed by atoms with van der Waals surface area (Å²) in [5.74, 6) is -0.939. The zero-order valence-electron chi connectivity index (χ0n) is 10.6. The summed E-state index contributed by atoms with van der Waals surface area (Å²) < 4.78 is 0. The number of nitrogens with one attached hydrogen (secondary N) is 1. The minimum Gasteiger partial charge on any atom is -0.478 e. The second-order valence-electron chi connectivity index (χ2n) is 3.97. The smallest absolute Gasteiger partial charge is 0.335 e. The molecule has 0 atom stereocenters. The van der Waals surface area contributed by atoms with E-state index in [9.17, 15) is 9.59 Å². The van der Waals surface area contributed by atoms with Crippen LogP contribution >= 0.6 is 0 Å². The van der Waals surface area contributed by atoms with Gasteiger partial charge in [0.1, 0.15) is 0 Å². The van der Waals surface area contributed by atoms with E-state index in [0.29, 0.717) is 25.1 Å². The van der Waals surface area contributed by atoms with Gasteiger partial charge < -0.3 is 15.3 Å². The Labute approximate surface area is 106 Å². The van der Waals surface area contributed by atoms with E-state index in [-0.39, 0.29) is 6.03 Å². The third-order valence-corrected chi connectivity index (χ3v) is 2.64. The van der Waals surface area contributed by atoms with Crippen molar-refractivity contribution in [2.75, 3.05) is 20.1 Å². The molecule has 0 aliphatic rings. The first kappa shape index (κ1) is 14.0. The van der Waals surface area contributed by atoms with E-state index in [2.05, 4.69) is 5.32 Å². The molecule has 0 heterocycles. The van der Waals surface area contributed by atoms with E-state index in [1.807, 2.05) is 6.92 Å². The average Bonchev–Trinajstić information content (AvgIpc) is 2.36. The van der Waals surface area contributed by atoms with Gasteiger partial charge in [0, 0.05) is 20.1 Å². The number of hydrogen-bond acceptors (Lipinski definition) is 2. The van der Waals surface area contributed by atoms with E-state index < -0.39 is 5.97 Å². The molecule has 0 aliphatic carbocycles. The van der Waals surface area contributed by atoms with Crippen LogP contribution in [0.3, 0.4) is 0 Å². The number of hydrogen-bond donors (Lipinski definition) is 2. The monoisotopic (exact) mass is 250 g/mol. The van der Waals surface area contributed by atoms with Crippen LogP contribution < -0.4 is 5.32 Å². The number of likely N-dealkylation sites (N-methyl/N-ethyl adjacent to an activating group) is 1. The summed E-state index contributed by atoms with van der Waals surface area (Å²) in [5, 5.41) is 11.7. The molecule has 0 radical (unpaired) electrons. The highest BCUT2D eigenvalue weighted by atomic mass is 16.4.